The average molecular weight is 470 g/mol. The number of likely N-dealkylation sites (tertiary alicyclic amines) is 1. The fraction of sp³-hybridized carbons (Fsp3) is 0.250. The number of amides is 1. The molecule has 5 rings (SSSR count). The third kappa shape index (κ3) is 4.25. The minimum absolute atomic E-state index is 0.0835. The summed E-state index contributed by atoms with van der Waals surface area (Å²) in [6.07, 6.45) is 3.38. The Morgan fingerprint density at radius 1 is 1.11 bits per heavy atom. The van der Waals surface area contributed by atoms with E-state index in [-0.39, 0.29) is 17.9 Å². The first-order chi connectivity index (χ1) is 16.9. The number of hydrogen-bond acceptors (Lipinski definition) is 6. The number of hydrogen-bond donors (Lipinski definition) is 1. The summed E-state index contributed by atoms with van der Waals surface area (Å²) in [7, 11) is 3.89. The maximum atomic E-state index is 13.3. The lowest BCUT2D eigenvalue weighted by atomic mass is 9.93. The van der Waals surface area contributed by atoms with Crippen molar-refractivity contribution in [3.8, 4) is 5.75 Å². The zero-order valence-electron chi connectivity index (χ0n) is 19.8. The van der Waals surface area contributed by atoms with E-state index in [4.69, 9.17) is 4.74 Å². The van der Waals surface area contributed by atoms with Gasteiger partial charge in [0, 0.05) is 31.5 Å². The van der Waals surface area contributed by atoms with Crippen molar-refractivity contribution in [2.75, 3.05) is 25.6 Å². The standard InChI is InChI=1S/C28H27N3O4/c1-30(2)22-11-8-18(9-12-22)25-24(26(32)20-10-13-23-19(16-20)6-5-15-35-23)27(33)28(34)31(25)17-21-7-3-4-14-29-21/h3-4,7-14,16,25,32H,5-6,15,17H2,1-2H3/b26-24-. The number of aliphatic hydroxyl groups excluding tert-OH is 1. The number of Topliss-reactive ketones (excluding diaryl/α,β-unsaturated/α-hetero) is 1. The number of fused-ring (bicyclic) bond motifs is 1. The second kappa shape index (κ2) is 9.25. The molecule has 0 radical (unpaired) electrons. The average Bonchev–Trinajstić information content (AvgIpc) is 3.13. The number of ketones is 1. The highest BCUT2D eigenvalue weighted by Crippen LogP contribution is 2.41. The quantitative estimate of drug-likeness (QED) is 0.344. The van der Waals surface area contributed by atoms with Crippen molar-refractivity contribution < 1.29 is 19.4 Å². The molecule has 0 aliphatic carbocycles. The van der Waals surface area contributed by atoms with Crippen LogP contribution in [0.1, 0.15) is 34.8 Å². The van der Waals surface area contributed by atoms with Crippen LogP contribution in [-0.4, -0.2) is 47.4 Å². The van der Waals surface area contributed by atoms with Crippen molar-refractivity contribution in [3.05, 3.63) is 94.8 Å². The van der Waals surface area contributed by atoms with Crippen LogP contribution in [0.15, 0.2) is 72.4 Å². The van der Waals surface area contributed by atoms with Crippen molar-refractivity contribution in [1.29, 1.82) is 0 Å². The van der Waals surface area contributed by atoms with Gasteiger partial charge in [-0.15, -0.1) is 0 Å². The van der Waals surface area contributed by atoms with Crippen LogP contribution in [0.3, 0.4) is 0 Å². The molecule has 1 saturated heterocycles. The second-order valence-electron chi connectivity index (χ2n) is 9.01. The van der Waals surface area contributed by atoms with Gasteiger partial charge >= 0.3 is 0 Å². The fourth-order valence-electron chi connectivity index (χ4n) is 4.67. The number of pyridine rings is 1. The zero-order valence-corrected chi connectivity index (χ0v) is 19.8. The van der Waals surface area contributed by atoms with E-state index in [0.717, 1.165) is 35.4 Å². The van der Waals surface area contributed by atoms with E-state index in [1.165, 1.54) is 4.90 Å². The molecule has 1 unspecified atom stereocenters. The predicted octanol–water partition coefficient (Wildman–Crippen LogP) is 4.09. The second-order valence-corrected chi connectivity index (χ2v) is 9.01. The van der Waals surface area contributed by atoms with Crippen LogP contribution in [0.2, 0.25) is 0 Å². The van der Waals surface area contributed by atoms with Crippen LogP contribution in [0.5, 0.6) is 5.75 Å². The number of carbonyl (C=O) groups is 2. The summed E-state index contributed by atoms with van der Waals surface area (Å²) in [6.45, 7) is 0.820. The summed E-state index contributed by atoms with van der Waals surface area (Å²) in [6, 6.07) is 17.8. The molecule has 1 amide bonds. The Bertz CT molecular complexity index is 1300. The van der Waals surface area contributed by atoms with Gasteiger partial charge in [0.25, 0.3) is 11.7 Å². The molecular formula is C28H27N3O4. The first kappa shape index (κ1) is 22.7. The monoisotopic (exact) mass is 469 g/mol. The van der Waals surface area contributed by atoms with E-state index in [9.17, 15) is 14.7 Å². The minimum Gasteiger partial charge on any atom is -0.507 e. The molecule has 1 N–H and O–H groups in total. The van der Waals surface area contributed by atoms with Gasteiger partial charge in [-0.3, -0.25) is 14.6 Å². The molecule has 2 aliphatic rings. The molecule has 2 aromatic carbocycles. The molecule has 1 aromatic heterocycles. The van der Waals surface area contributed by atoms with Crippen molar-refractivity contribution in [2.24, 2.45) is 0 Å². The Morgan fingerprint density at radius 3 is 2.63 bits per heavy atom. The van der Waals surface area contributed by atoms with Crippen LogP contribution >= 0.6 is 0 Å². The van der Waals surface area contributed by atoms with E-state index in [1.807, 2.05) is 67.5 Å². The summed E-state index contributed by atoms with van der Waals surface area (Å²) in [5.74, 6) is -0.740. The number of ether oxygens (including phenoxy) is 1. The molecule has 3 heterocycles. The van der Waals surface area contributed by atoms with Gasteiger partial charge in [-0.25, -0.2) is 0 Å². The van der Waals surface area contributed by atoms with Crippen molar-refractivity contribution in [2.45, 2.75) is 25.4 Å². The van der Waals surface area contributed by atoms with Gasteiger partial charge in [-0.1, -0.05) is 18.2 Å². The smallest absolute Gasteiger partial charge is 0.296 e. The largest absolute Gasteiger partial charge is 0.507 e. The Labute approximate surface area is 204 Å². The summed E-state index contributed by atoms with van der Waals surface area (Å²) in [4.78, 5) is 34.3. The van der Waals surface area contributed by atoms with Gasteiger partial charge in [0.2, 0.25) is 0 Å². The molecule has 7 nitrogen and oxygen atoms in total. The van der Waals surface area contributed by atoms with Crippen LogP contribution in [-0.2, 0) is 22.6 Å². The highest BCUT2D eigenvalue weighted by molar-refractivity contribution is 6.46. The molecule has 7 heteroatoms. The van der Waals surface area contributed by atoms with E-state index >= 15 is 0 Å². The summed E-state index contributed by atoms with van der Waals surface area (Å²) in [5.41, 5.74) is 3.96. The lowest BCUT2D eigenvalue weighted by Crippen LogP contribution is -2.29. The van der Waals surface area contributed by atoms with Crippen molar-refractivity contribution >= 4 is 23.1 Å². The van der Waals surface area contributed by atoms with Gasteiger partial charge in [0.1, 0.15) is 11.5 Å². The Morgan fingerprint density at radius 2 is 1.91 bits per heavy atom. The third-order valence-electron chi connectivity index (χ3n) is 6.51. The highest BCUT2D eigenvalue weighted by atomic mass is 16.5. The van der Waals surface area contributed by atoms with Crippen LogP contribution in [0.25, 0.3) is 5.76 Å². The number of carbonyl (C=O) groups excluding carboxylic acids is 2. The molecule has 1 atom stereocenters. The number of aliphatic hydroxyl groups is 1. The molecular weight excluding hydrogens is 442 g/mol. The molecule has 2 aliphatic heterocycles. The van der Waals surface area contributed by atoms with E-state index in [1.54, 1.807) is 18.3 Å². The molecule has 3 aromatic rings. The number of aryl methyl sites for hydroxylation is 1. The highest BCUT2D eigenvalue weighted by Gasteiger charge is 2.46. The number of anilines is 1. The van der Waals surface area contributed by atoms with Gasteiger partial charge in [-0.05, 0) is 66.4 Å². The molecule has 178 valence electrons. The lowest BCUT2D eigenvalue weighted by molar-refractivity contribution is -0.140. The molecule has 1 fully saturated rings. The lowest BCUT2D eigenvalue weighted by Gasteiger charge is -2.26. The topological polar surface area (TPSA) is 83.0 Å². The van der Waals surface area contributed by atoms with Crippen molar-refractivity contribution in [3.63, 3.8) is 0 Å². The fourth-order valence-corrected chi connectivity index (χ4v) is 4.67. The normalized spacial score (nSPS) is 18.8. The van der Waals surface area contributed by atoms with Gasteiger partial charge < -0.3 is 19.6 Å². The number of benzene rings is 2. The van der Waals surface area contributed by atoms with Gasteiger partial charge in [0.05, 0.1) is 30.5 Å². The Balaban J connectivity index is 1.62. The predicted molar refractivity (Wildman–Crippen MR) is 133 cm³/mol. The van der Waals surface area contributed by atoms with Crippen LogP contribution in [0, 0.1) is 0 Å². The SMILES string of the molecule is CN(C)c1ccc(C2/C(=C(/O)c3ccc4c(c3)CCCO4)C(=O)C(=O)N2Cc2ccccn2)cc1. The van der Waals surface area contributed by atoms with Crippen LogP contribution in [0.4, 0.5) is 5.69 Å². The summed E-state index contributed by atoms with van der Waals surface area (Å²) in [5, 5.41) is 11.4. The number of rotatable bonds is 5. The van der Waals surface area contributed by atoms with Crippen molar-refractivity contribution in [1.82, 2.24) is 9.88 Å². The Hall–Kier alpha value is -4.13. The first-order valence-electron chi connectivity index (χ1n) is 11.7. The molecule has 0 saturated carbocycles. The molecule has 0 bridgehead atoms. The van der Waals surface area contributed by atoms with E-state index < -0.39 is 17.7 Å². The number of aromatic nitrogens is 1. The maximum absolute atomic E-state index is 13.3. The Kier molecular flexibility index (Phi) is 5.99. The first-order valence-corrected chi connectivity index (χ1v) is 11.7. The van der Waals surface area contributed by atoms with Gasteiger partial charge in [-0.2, -0.15) is 0 Å². The summed E-state index contributed by atoms with van der Waals surface area (Å²) >= 11 is 0. The minimum atomic E-state index is -0.736. The molecule has 35 heavy (non-hydrogen) atoms. The van der Waals surface area contributed by atoms with E-state index in [0.29, 0.717) is 17.9 Å². The van der Waals surface area contributed by atoms with Crippen LogP contribution < -0.4 is 9.64 Å². The third-order valence-corrected chi connectivity index (χ3v) is 6.51. The zero-order chi connectivity index (χ0) is 24.5. The number of nitrogens with zero attached hydrogens (tertiary/aromatic N) is 3. The van der Waals surface area contributed by atoms with E-state index in [2.05, 4.69) is 4.98 Å². The molecule has 0 spiro atoms. The van der Waals surface area contributed by atoms with Gasteiger partial charge in [0.15, 0.2) is 0 Å². The maximum Gasteiger partial charge on any atom is 0.296 e. The summed E-state index contributed by atoms with van der Waals surface area (Å²) < 4.78 is 5.69.